The number of benzene rings is 1. The summed E-state index contributed by atoms with van der Waals surface area (Å²) in [7, 11) is 1.64. The van der Waals surface area contributed by atoms with E-state index in [1.54, 1.807) is 7.11 Å². The molecule has 1 aliphatic heterocycles. The molecule has 0 unspecified atom stereocenters. The van der Waals surface area contributed by atoms with Crippen molar-refractivity contribution in [2.75, 3.05) is 20.3 Å². The molecule has 0 aromatic heterocycles. The van der Waals surface area contributed by atoms with Crippen LogP contribution in [-0.4, -0.2) is 32.2 Å². The monoisotopic (exact) mass is 238 g/mol. The molecule has 1 heterocycles. The van der Waals surface area contributed by atoms with Gasteiger partial charge in [0.25, 0.3) is 0 Å². The first kappa shape index (κ1) is 12.2. The maximum Gasteiger partial charge on any atom is 0.163 e. The van der Waals surface area contributed by atoms with Gasteiger partial charge in [-0.25, -0.2) is 0 Å². The van der Waals surface area contributed by atoms with Crippen LogP contribution in [0.3, 0.4) is 0 Å². The van der Waals surface area contributed by atoms with Crippen molar-refractivity contribution in [3.8, 4) is 11.5 Å². The number of hydrogen-bond donors (Lipinski definition) is 0. The Morgan fingerprint density at radius 2 is 1.88 bits per heavy atom. The number of hydrogen-bond acceptors (Lipinski definition) is 4. The zero-order valence-electron chi connectivity index (χ0n) is 10.4. The van der Waals surface area contributed by atoms with Crippen LogP contribution in [0.2, 0.25) is 0 Å². The van der Waals surface area contributed by atoms with E-state index in [4.69, 9.17) is 18.9 Å². The summed E-state index contributed by atoms with van der Waals surface area (Å²) in [6, 6.07) is 7.48. The zero-order valence-corrected chi connectivity index (χ0v) is 10.4. The highest BCUT2D eigenvalue weighted by atomic mass is 16.7. The molecule has 1 aromatic rings. The third kappa shape index (κ3) is 3.35. The zero-order chi connectivity index (χ0) is 12.3. The molecule has 1 atom stereocenters. The Balaban J connectivity index is 1.82. The largest absolute Gasteiger partial charge is 0.497 e. The summed E-state index contributed by atoms with van der Waals surface area (Å²) in [5, 5.41) is 0. The molecule has 0 spiro atoms. The topological polar surface area (TPSA) is 36.9 Å². The average Bonchev–Trinajstić information content (AvgIpc) is 2.67. The lowest BCUT2D eigenvalue weighted by Crippen LogP contribution is -2.25. The van der Waals surface area contributed by atoms with Crippen molar-refractivity contribution >= 4 is 0 Å². The molecule has 1 aliphatic rings. The fraction of sp³-hybridized carbons (Fsp3) is 0.538. The molecule has 0 amide bonds. The number of ether oxygens (including phenoxy) is 4. The van der Waals surface area contributed by atoms with E-state index in [9.17, 15) is 0 Å². The summed E-state index contributed by atoms with van der Waals surface area (Å²) in [6.07, 6.45) is -0.00731. The van der Waals surface area contributed by atoms with Crippen LogP contribution in [0.1, 0.15) is 13.8 Å². The Bertz CT molecular complexity index is 358. The highest BCUT2D eigenvalue weighted by Crippen LogP contribution is 2.23. The Morgan fingerprint density at radius 1 is 1.24 bits per heavy atom. The van der Waals surface area contributed by atoms with Gasteiger partial charge in [0.15, 0.2) is 5.79 Å². The minimum atomic E-state index is -0.492. The summed E-state index contributed by atoms with van der Waals surface area (Å²) in [5.74, 6) is 1.13. The van der Waals surface area contributed by atoms with Gasteiger partial charge in [0.05, 0.1) is 13.7 Å². The first-order valence-corrected chi connectivity index (χ1v) is 5.68. The van der Waals surface area contributed by atoms with Gasteiger partial charge in [-0.05, 0) is 38.1 Å². The van der Waals surface area contributed by atoms with E-state index < -0.39 is 5.79 Å². The van der Waals surface area contributed by atoms with Crippen LogP contribution >= 0.6 is 0 Å². The van der Waals surface area contributed by atoms with Gasteiger partial charge in [-0.1, -0.05) is 0 Å². The lowest BCUT2D eigenvalue weighted by atomic mass is 10.3. The van der Waals surface area contributed by atoms with Gasteiger partial charge in [-0.15, -0.1) is 0 Å². The summed E-state index contributed by atoms with van der Waals surface area (Å²) in [6.45, 7) is 4.87. The van der Waals surface area contributed by atoms with Crippen molar-refractivity contribution in [2.45, 2.75) is 25.7 Å². The number of rotatable bonds is 4. The van der Waals surface area contributed by atoms with Crippen LogP contribution in [0.25, 0.3) is 0 Å². The fourth-order valence-electron chi connectivity index (χ4n) is 1.71. The van der Waals surface area contributed by atoms with Gasteiger partial charge in [0.1, 0.15) is 24.2 Å². The van der Waals surface area contributed by atoms with E-state index in [0.29, 0.717) is 13.2 Å². The first-order chi connectivity index (χ1) is 8.09. The number of methoxy groups -OCH3 is 1. The second-order valence-corrected chi connectivity index (χ2v) is 4.44. The molecule has 0 bridgehead atoms. The van der Waals surface area contributed by atoms with Crippen LogP contribution in [0.4, 0.5) is 0 Å². The average molecular weight is 238 g/mol. The van der Waals surface area contributed by atoms with Gasteiger partial charge in [-0.2, -0.15) is 0 Å². The lowest BCUT2D eigenvalue weighted by Gasteiger charge is -2.17. The molecule has 0 radical (unpaired) electrons. The first-order valence-electron chi connectivity index (χ1n) is 5.68. The Kier molecular flexibility index (Phi) is 3.54. The van der Waals surface area contributed by atoms with Gasteiger partial charge < -0.3 is 18.9 Å². The molecule has 17 heavy (non-hydrogen) atoms. The predicted molar refractivity (Wildman–Crippen MR) is 63.4 cm³/mol. The van der Waals surface area contributed by atoms with E-state index in [1.807, 2.05) is 38.1 Å². The van der Waals surface area contributed by atoms with Gasteiger partial charge in [-0.3, -0.25) is 0 Å². The van der Waals surface area contributed by atoms with Crippen molar-refractivity contribution in [3.05, 3.63) is 24.3 Å². The van der Waals surface area contributed by atoms with Crippen molar-refractivity contribution in [1.29, 1.82) is 0 Å². The van der Waals surface area contributed by atoms with Crippen LogP contribution < -0.4 is 9.47 Å². The van der Waals surface area contributed by atoms with Crippen molar-refractivity contribution in [3.63, 3.8) is 0 Å². The minimum absolute atomic E-state index is 0.00731. The molecule has 1 aromatic carbocycles. The molecule has 0 N–H and O–H groups in total. The van der Waals surface area contributed by atoms with Gasteiger partial charge in [0, 0.05) is 0 Å². The second-order valence-electron chi connectivity index (χ2n) is 4.44. The van der Waals surface area contributed by atoms with Crippen LogP contribution in [0.15, 0.2) is 24.3 Å². The van der Waals surface area contributed by atoms with Gasteiger partial charge in [0.2, 0.25) is 0 Å². The van der Waals surface area contributed by atoms with Crippen LogP contribution in [0.5, 0.6) is 11.5 Å². The predicted octanol–water partition coefficient (Wildman–Crippen LogP) is 2.23. The molecular formula is C13H18O4. The normalized spacial score (nSPS) is 22.4. The summed E-state index contributed by atoms with van der Waals surface area (Å²) >= 11 is 0. The van der Waals surface area contributed by atoms with E-state index in [1.165, 1.54) is 0 Å². The highest BCUT2D eigenvalue weighted by molar-refractivity contribution is 5.31. The van der Waals surface area contributed by atoms with Crippen LogP contribution in [-0.2, 0) is 9.47 Å². The SMILES string of the molecule is COc1ccc(OC[C@@H]2COC(C)(C)O2)cc1. The molecule has 1 saturated heterocycles. The molecule has 1 fully saturated rings. The smallest absolute Gasteiger partial charge is 0.163 e. The molecule has 4 nitrogen and oxygen atoms in total. The van der Waals surface area contributed by atoms with Crippen LogP contribution in [0, 0.1) is 0 Å². The van der Waals surface area contributed by atoms with Gasteiger partial charge >= 0.3 is 0 Å². The Labute approximate surface area is 101 Å². The second kappa shape index (κ2) is 4.94. The van der Waals surface area contributed by atoms with E-state index in [2.05, 4.69) is 0 Å². The quantitative estimate of drug-likeness (QED) is 0.806. The lowest BCUT2D eigenvalue weighted by molar-refractivity contribution is -0.141. The third-order valence-electron chi connectivity index (χ3n) is 2.56. The Hall–Kier alpha value is -1.26. The highest BCUT2D eigenvalue weighted by Gasteiger charge is 2.32. The third-order valence-corrected chi connectivity index (χ3v) is 2.56. The van der Waals surface area contributed by atoms with E-state index in [0.717, 1.165) is 11.5 Å². The van der Waals surface area contributed by atoms with Crippen molar-refractivity contribution < 1.29 is 18.9 Å². The van der Waals surface area contributed by atoms with Crippen molar-refractivity contribution in [1.82, 2.24) is 0 Å². The molecular weight excluding hydrogens is 220 g/mol. The fourth-order valence-corrected chi connectivity index (χ4v) is 1.71. The van der Waals surface area contributed by atoms with E-state index in [-0.39, 0.29) is 6.10 Å². The molecule has 0 aliphatic carbocycles. The molecule has 94 valence electrons. The molecule has 4 heteroatoms. The molecule has 2 rings (SSSR count). The summed E-state index contributed by atoms with van der Waals surface area (Å²) < 4.78 is 21.8. The van der Waals surface area contributed by atoms with Crippen molar-refractivity contribution in [2.24, 2.45) is 0 Å². The molecule has 0 saturated carbocycles. The summed E-state index contributed by atoms with van der Waals surface area (Å²) in [4.78, 5) is 0. The van der Waals surface area contributed by atoms with E-state index >= 15 is 0 Å². The standard InChI is InChI=1S/C13H18O4/c1-13(2)16-9-12(17-13)8-15-11-6-4-10(14-3)5-7-11/h4-7,12H,8-9H2,1-3H3/t12-/m1/s1. The maximum absolute atomic E-state index is 5.64. The summed E-state index contributed by atoms with van der Waals surface area (Å²) in [5.41, 5.74) is 0. The minimum Gasteiger partial charge on any atom is -0.497 e. The maximum atomic E-state index is 5.64. The Morgan fingerprint density at radius 3 is 2.41 bits per heavy atom.